The van der Waals surface area contributed by atoms with Crippen molar-refractivity contribution in [2.75, 3.05) is 7.11 Å². The molecule has 1 amide bonds. The van der Waals surface area contributed by atoms with E-state index in [4.69, 9.17) is 9.47 Å². The van der Waals surface area contributed by atoms with E-state index >= 15 is 0 Å². The van der Waals surface area contributed by atoms with Crippen LogP contribution in [0.15, 0.2) is 77.8 Å². The third-order valence-electron chi connectivity index (χ3n) is 4.63. The maximum absolute atomic E-state index is 12.8. The molecule has 0 saturated heterocycles. The van der Waals surface area contributed by atoms with Crippen molar-refractivity contribution in [1.82, 2.24) is 4.57 Å². The molecule has 156 valence electrons. The van der Waals surface area contributed by atoms with Crippen LogP contribution in [0.25, 0.3) is 10.2 Å². The fourth-order valence-electron chi connectivity index (χ4n) is 3.05. The van der Waals surface area contributed by atoms with Gasteiger partial charge in [0.05, 0.1) is 17.3 Å². The highest BCUT2D eigenvalue weighted by atomic mass is 32.1. The van der Waals surface area contributed by atoms with Gasteiger partial charge in [0.15, 0.2) is 4.80 Å². The number of rotatable bonds is 5. The van der Waals surface area contributed by atoms with Crippen molar-refractivity contribution < 1.29 is 19.1 Å². The van der Waals surface area contributed by atoms with E-state index in [0.29, 0.717) is 16.1 Å². The van der Waals surface area contributed by atoms with Gasteiger partial charge in [0, 0.05) is 5.56 Å². The molecule has 0 unspecified atom stereocenters. The third-order valence-corrected chi connectivity index (χ3v) is 5.67. The minimum absolute atomic E-state index is 0.0183. The van der Waals surface area contributed by atoms with Crippen LogP contribution in [0.2, 0.25) is 0 Å². The van der Waals surface area contributed by atoms with Crippen LogP contribution in [0.1, 0.15) is 15.9 Å². The van der Waals surface area contributed by atoms with Gasteiger partial charge in [-0.2, -0.15) is 4.99 Å². The maximum Gasteiger partial charge on any atom is 0.325 e. The summed E-state index contributed by atoms with van der Waals surface area (Å²) in [6, 6.07) is 22.1. The molecule has 0 bridgehead atoms. The normalized spacial score (nSPS) is 11.5. The predicted molar refractivity (Wildman–Crippen MR) is 119 cm³/mol. The molecule has 0 saturated carbocycles. The summed E-state index contributed by atoms with van der Waals surface area (Å²) in [5, 5.41) is 0. The first-order chi connectivity index (χ1) is 15.0. The van der Waals surface area contributed by atoms with Gasteiger partial charge in [0.25, 0.3) is 5.91 Å². The Morgan fingerprint density at radius 1 is 0.968 bits per heavy atom. The van der Waals surface area contributed by atoms with E-state index < -0.39 is 11.9 Å². The van der Waals surface area contributed by atoms with Crippen molar-refractivity contribution in [2.24, 2.45) is 4.99 Å². The Hall–Kier alpha value is -3.71. The standard InChI is InChI=1S/C24H20N2O4S/c1-16-8-13-20-21(14-16)31-24(26(20)15-22(27)29-2)25-23(28)17-9-11-19(12-10-17)30-18-6-4-3-5-7-18/h3-14H,15H2,1-2H3. The minimum atomic E-state index is -0.406. The lowest BCUT2D eigenvalue weighted by molar-refractivity contribution is -0.141. The topological polar surface area (TPSA) is 69.9 Å². The van der Waals surface area contributed by atoms with Crippen LogP contribution >= 0.6 is 11.3 Å². The molecule has 0 aliphatic rings. The van der Waals surface area contributed by atoms with E-state index in [1.165, 1.54) is 18.4 Å². The fraction of sp³-hybridized carbons (Fsp3) is 0.125. The Morgan fingerprint density at radius 2 is 1.68 bits per heavy atom. The molecule has 0 fully saturated rings. The Morgan fingerprint density at radius 3 is 2.39 bits per heavy atom. The van der Waals surface area contributed by atoms with Crippen LogP contribution in [0.3, 0.4) is 0 Å². The van der Waals surface area contributed by atoms with Crippen molar-refractivity contribution in [1.29, 1.82) is 0 Å². The van der Waals surface area contributed by atoms with Crippen LogP contribution < -0.4 is 9.54 Å². The molecular weight excluding hydrogens is 412 g/mol. The molecule has 0 spiro atoms. The number of aryl methyl sites for hydroxylation is 1. The number of carbonyl (C=O) groups is 2. The van der Waals surface area contributed by atoms with E-state index in [2.05, 4.69) is 4.99 Å². The van der Waals surface area contributed by atoms with Crippen molar-refractivity contribution in [2.45, 2.75) is 13.5 Å². The first kappa shape index (κ1) is 20.6. The third kappa shape index (κ3) is 4.73. The highest BCUT2D eigenvalue weighted by molar-refractivity contribution is 7.16. The van der Waals surface area contributed by atoms with Crippen LogP contribution in [0, 0.1) is 6.92 Å². The van der Waals surface area contributed by atoms with E-state index in [9.17, 15) is 9.59 Å². The summed E-state index contributed by atoms with van der Waals surface area (Å²) in [5.41, 5.74) is 2.35. The molecule has 0 N–H and O–H groups in total. The van der Waals surface area contributed by atoms with Crippen molar-refractivity contribution in [3.8, 4) is 11.5 Å². The number of thiazole rings is 1. The molecule has 4 aromatic rings. The summed E-state index contributed by atoms with van der Waals surface area (Å²) in [5.74, 6) is 0.543. The number of amides is 1. The number of hydrogen-bond acceptors (Lipinski definition) is 5. The SMILES string of the molecule is COC(=O)Cn1c(=NC(=O)c2ccc(Oc3ccccc3)cc2)sc2cc(C)ccc21. The quantitative estimate of drug-likeness (QED) is 0.428. The lowest BCUT2D eigenvalue weighted by Crippen LogP contribution is -2.22. The van der Waals surface area contributed by atoms with Gasteiger partial charge < -0.3 is 14.0 Å². The molecular formula is C24H20N2O4S. The van der Waals surface area contributed by atoms with Gasteiger partial charge in [-0.1, -0.05) is 35.6 Å². The number of para-hydroxylation sites is 1. The molecule has 0 aliphatic heterocycles. The average Bonchev–Trinajstić information content (AvgIpc) is 3.10. The summed E-state index contributed by atoms with van der Waals surface area (Å²) in [6.45, 7) is 1.97. The van der Waals surface area contributed by atoms with Gasteiger partial charge in [-0.25, -0.2) is 0 Å². The Bertz CT molecular complexity index is 1310. The predicted octanol–water partition coefficient (Wildman–Crippen LogP) is 4.72. The zero-order valence-electron chi connectivity index (χ0n) is 17.1. The van der Waals surface area contributed by atoms with Gasteiger partial charge in [-0.15, -0.1) is 0 Å². The summed E-state index contributed by atoms with van der Waals surface area (Å²) >= 11 is 1.36. The molecule has 1 aromatic heterocycles. The highest BCUT2D eigenvalue weighted by Crippen LogP contribution is 2.22. The molecule has 4 rings (SSSR count). The first-order valence-electron chi connectivity index (χ1n) is 9.62. The van der Waals surface area contributed by atoms with Crippen LogP contribution in [-0.2, 0) is 16.1 Å². The van der Waals surface area contributed by atoms with Crippen molar-refractivity contribution in [3.63, 3.8) is 0 Å². The fourth-order valence-corrected chi connectivity index (χ4v) is 4.18. The number of fused-ring (bicyclic) bond motifs is 1. The van der Waals surface area contributed by atoms with E-state index in [-0.39, 0.29) is 6.54 Å². The van der Waals surface area contributed by atoms with Crippen LogP contribution in [0.4, 0.5) is 0 Å². The van der Waals surface area contributed by atoms with Gasteiger partial charge in [0.2, 0.25) is 0 Å². The second kappa shape index (κ2) is 8.97. The second-order valence-corrected chi connectivity index (χ2v) is 7.88. The van der Waals surface area contributed by atoms with E-state index in [1.54, 1.807) is 28.8 Å². The Labute approximate surface area is 183 Å². The van der Waals surface area contributed by atoms with Crippen molar-refractivity contribution in [3.05, 3.63) is 88.7 Å². The number of methoxy groups -OCH3 is 1. The minimum Gasteiger partial charge on any atom is -0.468 e. The second-order valence-electron chi connectivity index (χ2n) is 6.87. The molecule has 0 radical (unpaired) electrons. The number of nitrogens with zero attached hydrogens (tertiary/aromatic N) is 2. The number of hydrogen-bond donors (Lipinski definition) is 0. The van der Waals surface area contributed by atoms with Gasteiger partial charge in [-0.05, 0) is 61.0 Å². The molecule has 0 aliphatic carbocycles. The van der Waals surface area contributed by atoms with Crippen LogP contribution in [0.5, 0.6) is 11.5 Å². The number of aromatic nitrogens is 1. The van der Waals surface area contributed by atoms with Gasteiger partial charge >= 0.3 is 5.97 Å². The van der Waals surface area contributed by atoms with E-state index in [1.807, 2.05) is 55.5 Å². The Balaban J connectivity index is 1.65. The van der Waals surface area contributed by atoms with Crippen molar-refractivity contribution >= 4 is 33.4 Å². The molecule has 31 heavy (non-hydrogen) atoms. The van der Waals surface area contributed by atoms with Crippen LogP contribution in [-0.4, -0.2) is 23.6 Å². The van der Waals surface area contributed by atoms with E-state index in [0.717, 1.165) is 21.5 Å². The van der Waals surface area contributed by atoms with Gasteiger partial charge in [0.1, 0.15) is 18.0 Å². The molecule has 6 nitrogen and oxygen atoms in total. The number of esters is 1. The first-order valence-corrected chi connectivity index (χ1v) is 10.4. The highest BCUT2D eigenvalue weighted by Gasteiger charge is 2.13. The van der Waals surface area contributed by atoms with Gasteiger partial charge in [-0.3, -0.25) is 9.59 Å². The summed E-state index contributed by atoms with van der Waals surface area (Å²) in [6.07, 6.45) is 0. The smallest absolute Gasteiger partial charge is 0.325 e. The Kier molecular flexibility index (Phi) is 5.95. The summed E-state index contributed by atoms with van der Waals surface area (Å²) < 4.78 is 13.2. The number of benzene rings is 3. The molecule has 0 atom stereocenters. The summed E-state index contributed by atoms with van der Waals surface area (Å²) in [7, 11) is 1.34. The summed E-state index contributed by atoms with van der Waals surface area (Å²) in [4.78, 5) is 29.4. The molecule has 3 aromatic carbocycles. The lowest BCUT2D eigenvalue weighted by atomic mass is 10.2. The average molecular weight is 433 g/mol. The zero-order chi connectivity index (χ0) is 21.8. The lowest BCUT2D eigenvalue weighted by Gasteiger charge is -2.05. The molecule has 1 heterocycles. The zero-order valence-corrected chi connectivity index (χ0v) is 17.9. The number of ether oxygens (including phenoxy) is 2. The largest absolute Gasteiger partial charge is 0.468 e. The number of carbonyl (C=O) groups excluding carboxylic acids is 2. The maximum atomic E-state index is 12.8. The monoisotopic (exact) mass is 432 g/mol. The molecule has 7 heteroatoms.